The summed E-state index contributed by atoms with van der Waals surface area (Å²) in [5.74, 6) is -0.114. The largest absolute Gasteiger partial charge is 0.481 e. The van der Waals surface area contributed by atoms with Crippen molar-refractivity contribution >= 4 is 21.9 Å². The fourth-order valence-electron chi connectivity index (χ4n) is 1.86. The number of pyridine rings is 2. The zero-order valence-electron chi connectivity index (χ0n) is 14.9. The van der Waals surface area contributed by atoms with Gasteiger partial charge in [-0.25, -0.2) is 9.78 Å². The van der Waals surface area contributed by atoms with Crippen LogP contribution in [0.15, 0.2) is 40.0 Å². The van der Waals surface area contributed by atoms with Crippen LogP contribution >= 0.6 is 15.9 Å². The van der Waals surface area contributed by atoms with Gasteiger partial charge in [-0.2, -0.15) is 0 Å². The normalized spacial score (nSPS) is 9.80. The van der Waals surface area contributed by atoms with E-state index in [2.05, 4.69) is 34.8 Å². The predicted octanol–water partition coefficient (Wildman–Crippen LogP) is 3.66. The highest BCUT2D eigenvalue weighted by Gasteiger charge is 2.12. The molecule has 0 saturated heterocycles. The summed E-state index contributed by atoms with van der Waals surface area (Å²) in [6.07, 6.45) is 4.35. The Balaban J connectivity index is 0.000000970. The van der Waals surface area contributed by atoms with Gasteiger partial charge < -0.3 is 14.0 Å². The van der Waals surface area contributed by atoms with Crippen LogP contribution in [0.4, 0.5) is 0 Å². The van der Waals surface area contributed by atoms with E-state index >= 15 is 0 Å². The molecule has 2 aromatic heterocycles. The molecule has 0 N–H and O–H groups in total. The molecule has 0 aliphatic carbocycles. The Morgan fingerprint density at radius 3 is 2.48 bits per heavy atom. The van der Waals surface area contributed by atoms with Crippen LogP contribution in [-0.2, 0) is 11.3 Å². The summed E-state index contributed by atoms with van der Waals surface area (Å²) in [7, 11) is 1.54. The van der Waals surface area contributed by atoms with E-state index in [9.17, 15) is 9.59 Å². The number of methoxy groups -OCH3 is 1. The number of carbonyl (C=O) groups excluding carboxylic acids is 1. The number of esters is 1. The number of hydrogen-bond acceptors (Lipinski definition) is 5. The summed E-state index contributed by atoms with van der Waals surface area (Å²) in [5.41, 5.74) is 0.544. The van der Waals surface area contributed by atoms with Crippen molar-refractivity contribution < 1.29 is 14.3 Å². The number of halogens is 1. The van der Waals surface area contributed by atoms with Crippen LogP contribution in [0.3, 0.4) is 0 Å². The second kappa shape index (κ2) is 10.7. The van der Waals surface area contributed by atoms with E-state index in [1.54, 1.807) is 30.9 Å². The van der Waals surface area contributed by atoms with Gasteiger partial charge in [-0.1, -0.05) is 20.3 Å². The second-order valence-corrected chi connectivity index (χ2v) is 5.88. The van der Waals surface area contributed by atoms with Crippen molar-refractivity contribution in [2.24, 2.45) is 0 Å². The van der Waals surface area contributed by atoms with Crippen LogP contribution in [-0.4, -0.2) is 29.2 Å². The Hall–Kier alpha value is -2.15. The molecule has 0 amide bonds. The molecule has 0 spiro atoms. The van der Waals surface area contributed by atoms with E-state index in [-0.39, 0.29) is 17.6 Å². The molecule has 7 heteroatoms. The summed E-state index contributed by atoms with van der Waals surface area (Å²) < 4.78 is 12.3. The number of nitrogens with zero attached hydrogens (tertiary/aromatic N) is 2. The molecule has 25 heavy (non-hydrogen) atoms. The Bertz CT molecular complexity index is 759. The molecule has 2 heterocycles. The lowest BCUT2D eigenvalue weighted by molar-refractivity contribution is 0.0524. The van der Waals surface area contributed by atoms with Gasteiger partial charge in [0, 0.05) is 36.6 Å². The lowest BCUT2D eigenvalue weighted by Crippen LogP contribution is -2.19. The van der Waals surface area contributed by atoms with Crippen molar-refractivity contribution in [1.29, 1.82) is 0 Å². The average Bonchev–Trinajstić information content (AvgIpc) is 2.59. The number of carbonyl (C=O) groups is 1. The molecule has 0 saturated carbocycles. The number of aromatic nitrogens is 2. The lowest BCUT2D eigenvalue weighted by Gasteiger charge is -2.10. The molecular formula is C18H23BrN2O4. The summed E-state index contributed by atoms with van der Waals surface area (Å²) in [5, 5.41) is 0. The lowest BCUT2D eigenvalue weighted by atomic mass is 10.2. The molecule has 6 nitrogen and oxygen atoms in total. The minimum atomic E-state index is -0.617. The van der Waals surface area contributed by atoms with Gasteiger partial charge in [0.2, 0.25) is 5.88 Å². The minimum absolute atomic E-state index is 0.0157. The monoisotopic (exact) mass is 410 g/mol. The van der Waals surface area contributed by atoms with Crippen molar-refractivity contribution in [3.05, 3.63) is 56.5 Å². The molecular weight excluding hydrogens is 388 g/mol. The topological polar surface area (TPSA) is 70.4 Å². The third-order valence-corrected chi connectivity index (χ3v) is 3.62. The van der Waals surface area contributed by atoms with E-state index in [1.807, 2.05) is 6.07 Å². The van der Waals surface area contributed by atoms with Gasteiger partial charge in [0.05, 0.1) is 13.7 Å². The molecule has 0 fully saturated rings. The van der Waals surface area contributed by atoms with Gasteiger partial charge in [-0.15, -0.1) is 0 Å². The van der Waals surface area contributed by atoms with E-state index in [1.165, 1.54) is 18.7 Å². The molecule has 0 unspecified atom stereocenters. The van der Waals surface area contributed by atoms with E-state index < -0.39 is 5.97 Å². The summed E-state index contributed by atoms with van der Waals surface area (Å²) in [6, 6.07) is 4.95. The zero-order valence-corrected chi connectivity index (χ0v) is 16.5. The van der Waals surface area contributed by atoms with Crippen LogP contribution in [0.2, 0.25) is 0 Å². The third kappa shape index (κ3) is 6.34. The van der Waals surface area contributed by atoms with E-state index in [0.717, 1.165) is 5.56 Å². The van der Waals surface area contributed by atoms with Gasteiger partial charge in [-0.3, -0.25) is 4.79 Å². The number of rotatable bonds is 5. The first-order valence-electron chi connectivity index (χ1n) is 8.03. The predicted molar refractivity (Wildman–Crippen MR) is 100 cm³/mol. The van der Waals surface area contributed by atoms with Crippen LogP contribution in [0, 0.1) is 0 Å². The van der Waals surface area contributed by atoms with Gasteiger partial charge in [0.25, 0.3) is 0 Å². The maximum Gasteiger partial charge on any atom is 0.343 e. The first kappa shape index (κ1) is 20.9. The fourth-order valence-corrected chi connectivity index (χ4v) is 2.29. The summed E-state index contributed by atoms with van der Waals surface area (Å²) in [6.45, 7) is 6.62. The number of ether oxygens (including phenoxy) is 2. The smallest absolute Gasteiger partial charge is 0.343 e. The van der Waals surface area contributed by atoms with Crippen molar-refractivity contribution in [3.63, 3.8) is 0 Å². The first-order valence-corrected chi connectivity index (χ1v) is 8.82. The first-order chi connectivity index (χ1) is 12.0. The van der Waals surface area contributed by atoms with Gasteiger partial charge >= 0.3 is 5.97 Å². The Morgan fingerprint density at radius 1 is 1.24 bits per heavy atom. The molecule has 2 rings (SSSR count). The molecule has 0 bridgehead atoms. The molecule has 0 aliphatic heterocycles. The van der Waals surface area contributed by atoms with Crippen molar-refractivity contribution in [1.82, 2.24) is 9.55 Å². The van der Waals surface area contributed by atoms with Gasteiger partial charge in [0.15, 0.2) is 5.43 Å². The van der Waals surface area contributed by atoms with E-state index in [4.69, 9.17) is 9.47 Å². The quantitative estimate of drug-likeness (QED) is 0.555. The maximum atomic E-state index is 11.7. The highest BCUT2D eigenvalue weighted by atomic mass is 79.9. The molecule has 0 radical (unpaired) electrons. The molecule has 0 aliphatic rings. The number of hydrogen-bond donors (Lipinski definition) is 0. The van der Waals surface area contributed by atoms with Crippen molar-refractivity contribution in [2.75, 3.05) is 13.7 Å². The Labute approximate surface area is 155 Å². The average molecular weight is 411 g/mol. The van der Waals surface area contributed by atoms with E-state index in [0.29, 0.717) is 17.0 Å². The van der Waals surface area contributed by atoms with Crippen LogP contribution in [0.25, 0.3) is 0 Å². The van der Waals surface area contributed by atoms with Crippen molar-refractivity contribution in [3.8, 4) is 5.88 Å². The highest BCUT2D eigenvalue weighted by molar-refractivity contribution is 9.10. The zero-order chi connectivity index (χ0) is 18.8. The van der Waals surface area contributed by atoms with Crippen molar-refractivity contribution in [2.45, 2.75) is 33.7 Å². The van der Waals surface area contributed by atoms with Gasteiger partial charge in [-0.05, 0) is 28.9 Å². The molecule has 2 aromatic rings. The summed E-state index contributed by atoms with van der Waals surface area (Å²) >= 11 is 3.37. The Morgan fingerprint density at radius 2 is 1.92 bits per heavy atom. The highest BCUT2D eigenvalue weighted by Crippen LogP contribution is 2.19. The fraction of sp³-hybridized carbons (Fsp3) is 0.389. The van der Waals surface area contributed by atoms with Crippen LogP contribution in [0.1, 0.15) is 43.1 Å². The van der Waals surface area contributed by atoms with Crippen LogP contribution in [0.5, 0.6) is 5.88 Å². The summed E-state index contributed by atoms with van der Waals surface area (Å²) in [4.78, 5) is 27.7. The Kier molecular flexibility index (Phi) is 8.91. The molecule has 0 atom stereocenters. The maximum absolute atomic E-state index is 11.7. The molecule has 0 aromatic carbocycles. The van der Waals surface area contributed by atoms with Crippen LogP contribution < -0.4 is 10.2 Å². The van der Waals surface area contributed by atoms with Gasteiger partial charge in [0.1, 0.15) is 10.2 Å². The molecule has 136 valence electrons. The standard InChI is InChI=1S/C15H15BrN2O4.C3H8/c1-3-22-15(20)11-9-18(7-6-12(11)19)8-10-4-5-13(21-2)17-14(10)16;1-3-2/h4-7,9H,3,8H2,1-2H3;3H2,1-2H3. The second-order valence-electron chi connectivity index (χ2n) is 5.13. The SMILES string of the molecule is CCC.CCOC(=O)c1cn(Cc2ccc(OC)nc2Br)ccc1=O. The third-order valence-electron chi connectivity index (χ3n) is 2.94. The minimum Gasteiger partial charge on any atom is -0.481 e.